The number of carbonyl (C=O) groups is 1. The molecule has 4 fully saturated rings. The van der Waals surface area contributed by atoms with Gasteiger partial charge in [-0.05, 0) is 70.1 Å². The van der Waals surface area contributed by atoms with E-state index in [4.69, 9.17) is 0 Å². The average Bonchev–Trinajstić information content (AvgIpc) is 2.87. The fourth-order valence-corrected chi connectivity index (χ4v) is 5.85. The zero-order valence-corrected chi connectivity index (χ0v) is 14.2. The molecule has 4 bridgehead atoms. The van der Waals surface area contributed by atoms with Crippen molar-refractivity contribution in [2.75, 3.05) is 0 Å². The summed E-state index contributed by atoms with van der Waals surface area (Å²) >= 11 is 0. The highest BCUT2D eigenvalue weighted by atomic mass is 16.2. The zero-order valence-electron chi connectivity index (χ0n) is 14.2. The van der Waals surface area contributed by atoms with Crippen LogP contribution in [0.3, 0.4) is 0 Å². The van der Waals surface area contributed by atoms with Crippen molar-refractivity contribution < 1.29 is 4.79 Å². The molecule has 6 nitrogen and oxygen atoms in total. The van der Waals surface area contributed by atoms with E-state index < -0.39 is 0 Å². The van der Waals surface area contributed by atoms with Crippen LogP contribution in [0.15, 0.2) is 6.07 Å². The van der Waals surface area contributed by atoms with Crippen molar-refractivity contribution in [3.63, 3.8) is 0 Å². The smallest absolute Gasteiger partial charge is 0.274 e. The van der Waals surface area contributed by atoms with E-state index in [1.165, 1.54) is 19.3 Å². The average molecular weight is 325 g/mol. The van der Waals surface area contributed by atoms with Gasteiger partial charge in [0.05, 0.1) is 11.4 Å². The van der Waals surface area contributed by atoms with E-state index in [1.807, 2.05) is 19.9 Å². The Labute approximate surface area is 141 Å². The van der Waals surface area contributed by atoms with Crippen molar-refractivity contribution in [1.29, 1.82) is 0 Å². The predicted octanol–water partition coefficient (Wildman–Crippen LogP) is 2.44. The molecule has 0 radical (unpaired) electrons. The van der Waals surface area contributed by atoms with Crippen LogP contribution in [0.1, 0.15) is 60.4 Å². The molecule has 0 unspecified atom stereocenters. The highest BCUT2D eigenvalue weighted by Gasteiger charge is 2.51. The van der Waals surface area contributed by atoms with Crippen molar-refractivity contribution in [3.8, 4) is 0 Å². The molecule has 2 aromatic heterocycles. The largest absolute Gasteiger partial charge is 0.345 e. The third-order valence-corrected chi connectivity index (χ3v) is 6.36. The third-order valence-electron chi connectivity index (χ3n) is 6.36. The molecule has 0 atom stereocenters. The summed E-state index contributed by atoms with van der Waals surface area (Å²) in [5, 5.41) is 16.2. The minimum Gasteiger partial charge on any atom is -0.345 e. The van der Waals surface area contributed by atoms with E-state index in [1.54, 1.807) is 4.52 Å². The first-order valence-corrected chi connectivity index (χ1v) is 9.03. The standard InChI is InChI=1S/C18H23N5O/c1-10-3-15-20-21-16(11(2)23(15)22-10)17(24)19-18-7-12-4-13(8-18)6-14(5-12)9-18/h3,12-14H,4-9H2,1-2H3,(H,19,24). The van der Waals surface area contributed by atoms with Gasteiger partial charge in [0.2, 0.25) is 0 Å². The summed E-state index contributed by atoms with van der Waals surface area (Å²) in [7, 11) is 0. The van der Waals surface area contributed by atoms with E-state index >= 15 is 0 Å². The van der Waals surface area contributed by atoms with Crippen LogP contribution in [0.4, 0.5) is 0 Å². The van der Waals surface area contributed by atoms with E-state index in [2.05, 4.69) is 20.6 Å². The quantitative estimate of drug-likeness (QED) is 0.920. The predicted molar refractivity (Wildman–Crippen MR) is 88.6 cm³/mol. The van der Waals surface area contributed by atoms with Crippen LogP contribution in [0.5, 0.6) is 0 Å². The summed E-state index contributed by atoms with van der Waals surface area (Å²) in [6.45, 7) is 3.81. The monoisotopic (exact) mass is 325 g/mol. The molecule has 2 heterocycles. The molecule has 24 heavy (non-hydrogen) atoms. The summed E-state index contributed by atoms with van der Waals surface area (Å²) in [6, 6.07) is 1.88. The molecule has 1 amide bonds. The van der Waals surface area contributed by atoms with E-state index in [-0.39, 0.29) is 11.4 Å². The highest BCUT2D eigenvalue weighted by Crippen LogP contribution is 2.55. The number of nitrogens with one attached hydrogen (secondary N) is 1. The SMILES string of the molecule is Cc1cc2nnc(C(=O)NC34CC5CC(CC(C5)C3)C4)c(C)n2n1. The topological polar surface area (TPSA) is 72.2 Å². The lowest BCUT2D eigenvalue weighted by Gasteiger charge is -2.56. The number of rotatable bonds is 2. The van der Waals surface area contributed by atoms with Gasteiger partial charge < -0.3 is 5.32 Å². The number of amides is 1. The second-order valence-electron chi connectivity index (χ2n) is 8.34. The lowest BCUT2D eigenvalue weighted by atomic mass is 9.53. The van der Waals surface area contributed by atoms with Gasteiger partial charge >= 0.3 is 0 Å². The maximum atomic E-state index is 12.9. The molecule has 6 heteroatoms. The Morgan fingerprint density at radius 1 is 1.12 bits per heavy atom. The normalized spacial score (nSPS) is 34.0. The van der Waals surface area contributed by atoms with E-state index in [0.29, 0.717) is 11.3 Å². The van der Waals surface area contributed by atoms with Crippen molar-refractivity contribution in [2.45, 2.75) is 57.9 Å². The molecule has 0 saturated heterocycles. The molecular formula is C18H23N5O. The second-order valence-corrected chi connectivity index (χ2v) is 8.34. The first-order valence-electron chi connectivity index (χ1n) is 9.03. The lowest BCUT2D eigenvalue weighted by Crippen LogP contribution is -2.60. The van der Waals surface area contributed by atoms with Gasteiger partial charge in [0.1, 0.15) is 0 Å². The molecule has 126 valence electrons. The summed E-state index contributed by atoms with van der Waals surface area (Å²) in [5.41, 5.74) is 2.73. The van der Waals surface area contributed by atoms with Crippen LogP contribution in [0, 0.1) is 31.6 Å². The molecule has 0 aromatic carbocycles. The van der Waals surface area contributed by atoms with Gasteiger partial charge in [0.15, 0.2) is 11.3 Å². The first-order chi connectivity index (χ1) is 11.5. The highest BCUT2D eigenvalue weighted by molar-refractivity contribution is 5.93. The number of carbonyl (C=O) groups excluding carboxylic acids is 1. The summed E-state index contributed by atoms with van der Waals surface area (Å²) in [5.74, 6) is 2.33. The number of aromatic nitrogens is 4. The summed E-state index contributed by atoms with van der Waals surface area (Å²) in [4.78, 5) is 12.9. The molecule has 0 spiro atoms. The Morgan fingerprint density at radius 3 is 2.38 bits per heavy atom. The zero-order chi connectivity index (χ0) is 16.5. The van der Waals surface area contributed by atoms with Crippen LogP contribution in [0.25, 0.3) is 5.65 Å². The summed E-state index contributed by atoms with van der Waals surface area (Å²) < 4.78 is 1.72. The minimum absolute atomic E-state index is 0.00502. The number of hydrogen-bond donors (Lipinski definition) is 1. The Kier molecular flexibility index (Phi) is 2.86. The van der Waals surface area contributed by atoms with Crippen LogP contribution in [-0.2, 0) is 0 Å². The molecule has 0 aliphatic heterocycles. The molecular weight excluding hydrogens is 302 g/mol. The maximum absolute atomic E-state index is 12.9. The van der Waals surface area contributed by atoms with Crippen molar-refractivity contribution in [3.05, 3.63) is 23.1 Å². The molecule has 4 aliphatic carbocycles. The van der Waals surface area contributed by atoms with E-state index in [0.717, 1.165) is 48.4 Å². The minimum atomic E-state index is -0.0861. The number of fused-ring (bicyclic) bond motifs is 1. The third kappa shape index (κ3) is 2.08. The fourth-order valence-electron chi connectivity index (χ4n) is 5.85. The lowest BCUT2D eigenvalue weighted by molar-refractivity contribution is -0.0168. The first kappa shape index (κ1) is 14.4. The van der Waals surface area contributed by atoms with Gasteiger partial charge in [-0.25, -0.2) is 4.52 Å². The van der Waals surface area contributed by atoms with Gasteiger partial charge in [0.25, 0.3) is 5.91 Å². The maximum Gasteiger partial charge on any atom is 0.274 e. The van der Waals surface area contributed by atoms with Crippen LogP contribution in [-0.4, -0.2) is 31.3 Å². The molecule has 4 saturated carbocycles. The van der Waals surface area contributed by atoms with E-state index in [9.17, 15) is 4.79 Å². The Balaban J connectivity index is 1.46. The van der Waals surface area contributed by atoms with Gasteiger partial charge in [0, 0.05) is 11.6 Å². The Morgan fingerprint density at radius 2 is 1.75 bits per heavy atom. The Hall–Kier alpha value is -1.98. The molecule has 6 rings (SSSR count). The van der Waals surface area contributed by atoms with Crippen molar-refractivity contribution in [2.24, 2.45) is 17.8 Å². The van der Waals surface area contributed by atoms with Gasteiger partial charge in [-0.15, -0.1) is 10.2 Å². The Bertz CT molecular complexity index is 804. The number of hydrogen-bond acceptors (Lipinski definition) is 4. The number of nitrogens with zero attached hydrogens (tertiary/aromatic N) is 4. The fraction of sp³-hybridized carbons (Fsp3) is 0.667. The van der Waals surface area contributed by atoms with Crippen molar-refractivity contribution in [1.82, 2.24) is 25.1 Å². The van der Waals surface area contributed by atoms with Crippen LogP contribution in [0.2, 0.25) is 0 Å². The number of aryl methyl sites for hydroxylation is 2. The molecule has 1 N–H and O–H groups in total. The molecule has 2 aromatic rings. The van der Waals surface area contributed by atoms with Crippen LogP contribution >= 0.6 is 0 Å². The van der Waals surface area contributed by atoms with Crippen LogP contribution < -0.4 is 5.32 Å². The van der Waals surface area contributed by atoms with Crippen molar-refractivity contribution >= 4 is 11.6 Å². The molecule has 4 aliphatic rings. The second kappa shape index (κ2) is 4.77. The van der Waals surface area contributed by atoms with Gasteiger partial charge in [-0.2, -0.15) is 5.10 Å². The summed E-state index contributed by atoms with van der Waals surface area (Å²) in [6.07, 6.45) is 7.52. The van der Waals surface area contributed by atoms with Gasteiger partial charge in [-0.1, -0.05) is 0 Å². The van der Waals surface area contributed by atoms with Gasteiger partial charge in [-0.3, -0.25) is 4.79 Å².